The number of aryl methyl sites for hydroxylation is 1. The molecule has 0 fully saturated rings. The van der Waals surface area contributed by atoms with Crippen LogP contribution >= 0.6 is 0 Å². The highest BCUT2D eigenvalue weighted by Gasteiger charge is 2.35. The highest BCUT2D eigenvalue weighted by atomic mass is 15.0. The van der Waals surface area contributed by atoms with Crippen LogP contribution in [-0.4, -0.2) is 10.6 Å². The molecule has 3 aliphatic rings. The lowest BCUT2D eigenvalue weighted by molar-refractivity contribution is 0.448. The average Bonchev–Trinajstić information content (AvgIpc) is 3.66. The van der Waals surface area contributed by atoms with Crippen LogP contribution in [0.25, 0.3) is 60.7 Å². The van der Waals surface area contributed by atoms with E-state index in [2.05, 4.69) is 211 Å². The Balaban J connectivity index is 1.09. The van der Waals surface area contributed by atoms with E-state index in [0.717, 1.165) is 36.9 Å². The van der Waals surface area contributed by atoms with Crippen molar-refractivity contribution in [2.24, 2.45) is 17.1 Å². The van der Waals surface area contributed by atoms with Crippen LogP contribution in [0.15, 0.2) is 194 Å². The van der Waals surface area contributed by atoms with Gasteiger partial charge in [0.2, 0.25) is 0 Å². The van der Waals surface area contributed by atoms with E-state index in [1.807, 2.05) is 0 Å². The van der Waals surface area contributed by atoms with Crippen LogP contribution in [0.4, 0.5) is 5.69 Å². The van der Waals surface area contributed by atoms with Gasteiger partial charge in [-0.15, -0.1) is 0 Å². The molecule has 60 heavy (non-hydrogen) atoms. The van der Waals surface area contributed by atoms with Crippen molar-refractivity contribution in [2.45, 2.75) is 44.7 Å². The van der Waals surface area contributed by atoms with Crippen LogP contribution in [0.2, 0.25) is 0 Å². The Hall–Kier alpha value is -6.68. The number of aromatic nitrogens is 1. The number of nitrogens with two attached hydrogens (primary N) is 1. The molecule has 4 unspecified atom stereocenters. The van der Waals surface area contributed by atoms with Gasteiger partial charge < -0.3 is 15.6 Å². The van der Waals surface area contributed by atoms with E-state index in [4.69, 9.17) is 5.73 Å². The van der Waals surface area contributed by atoms with Gasteiger partial charge in [-0.05, 0) is 106 Å². The first-order chi connectivity index (χ1) is 29.5. The van der Waals surface area contributed by atoms with Gasteiger partial charge >= 0.3 is 0 Å². The number of para-hydroxylation sites is 1. The fraction of sp³-hybridized carbons (Fsp3) is 0.158. The van der Waals surface area contributed by atoms with E-state index in [0.29, 0.717) is 0 Å². The standard InChI is InChI=1S/C57H49N3/c1-57(33-13-4-14-34-57)43-36-41(38-17-5-2-6-18-38)35-42(37-43)56(59-44-21-7-3-8-22-44)55(58)49-27-15-26-48-47(49)25-16-28-50(48)60-51-31-29-39-19-9-11-23-45(39)53(51)54-46-24-12-10-20-40(46)30-32-52(54)60/h2-11,13-23,25-33,36-37,42,55-56,59H,12,24,34-35,58H2,1H3. The molecule has 0 aliphatic heterocycles. The summed E-state index contributed by atoms with van der Waals surface area (Å²) in [5.74, 6) is 0.121. The maximum absolute atomic E-state index is 7.76. The minimum absolute atomic E-state index is 0.102. The Morgan fingerprint density at radius 3 is 2.30 bits per heavy atom. The van der Waals surface area contributed by atoms with Crippen LogP contribution in [0.1, 0.15) is 54.5 Å². The fourth-order valence-electron chi connectivity index (χ4n) is 10.5. The maximum atomic E-state index is 7.76. The lowest BCUT2D eigenvalue weighted by Crippen LogP contribution is -2.40. The normalized spacial score (nSPS) is 19.7. The SMILES string of the molecule is CC1(C2=CC(C(Nc3ccccc3)C(N)c3cccc4c(-n5c6ccc7c(c6c6c8ccccc8ccc65)CCC=C7)cccc34)CC(c3ccccc3)=C2)C=CC=CC1. The van der Waals surface area contributed by atoms with E-state index in [1.165, 1.54) is 76.9 Å². The summed E-state index contributed by atoms with van der Waals surface area (Å²) < 4.78 is 2.52. The molecule has 0 bridgehead atoms. The first kappa shape index (κ1) is 36.4. The fourth-order valence-corrected chi connectivity index (χ4v) is 10.5. The van der Waals surface area contributed by atoms with Crippen molar-refractivity contribution < 1.29 is 0 Å². The quantitative estimate of drug-likeness (QED) is 0.161. The zero-order chi connectivity index (χ0) is 40.2. The Kier molecular flexibility index (Phi) is 9.01. The van der Waals surface area contributed by atoms with Crippen molar-refractivity contribution in [2.75, 3.05) is 5.32 Å². The van der Waals surface area contributed by atoms with Crippen molar-refractivity contribution >= 4 is 60.7 Å². The number of rotatable bonds is 8. The molecule has 0 amide bonds. The molecule has 3 aliphatic carbocycles. The van der Waals surface area contributed by atoms with E-state index in [9.17, 15) is 0 Å². The minimum atomic E-state index is -0.322. The molecule has 3 nitrogen and oxygen atoms in total. The molecule has 292 valence electrons. The Morgan fingerprint density at radius 2 is 1.45 bits per heavy atom. The van der Waals surface area contributed by atoms with Gasteiger partial charge in [-0.2, -0.15) is 0 Å². The predicted octanol–water partition coefficient (Wildman–Crippen LogP) is 14.1. The summed E-state index contributed by atoms with van der Waals surface area (Å²) in [5, 5.41) is 11.7. The van der Waals surface area contributed by atoms with Crippen LogP contribution in [-0.2, 0) is 6.42 Å². The summed E-state index contributed by atoms with van der Waals surface area (Å²) in [6.07, 6.45) is 22.6. The summed E-state index contributed by atoms with van der Waals surface area (Å²) in [6.45, 7) is 2.37. The largest absolute Gasteiger partial charge is 0.380 e. The molecule has 11 rings (SSSR count). The zero-order valence-electron chi connectivity index (χ0n) is 34.1. The first-order valence-corrected chi connectivity index (χ1v) is 21.6. The molecule has 0 saturated heterocycles. The molecule has 3 heteroatoms. The molecule has 0 saturated carbocycles. The van der Waals surface area contributed by atoms with Crippen LogP contribution in [0.5, 0.6) is 0 Å². The Bertz CT molecular complexity index is 3100. The van der Waals surface area contributed by atoms with Gasteiger partial charge in [0.15, 0.2) is 0 Å². The number of nitrogens with one attached hydrogen (secondary N) is 1. The van der Waals surface area contributed by atoms with E-state index < -0.39 is 0 Å². The molecule has 0 radical (unpaired) electrons. The summed E-state index contributed by atoms with van der Waals surface area (Å²) >= 11 is 0. The number of allylic oxidation sites excluding steroid dienone is 8. The van der Waals surface area contributed by atoms with E-state index >= 15 is 0 Å². The number of hydrogen-bond donors (Lipinski definition) is 2. The smallest absolute Gasteiger partial charge is 0.0547 e. The molecule has 7 aromatic carbocycles. The van der Waals surface area contributed by atoms with Gasteiger partial charge in [-0.25, -0.2) is 0 Å². The maximum Gasteiger partial charge on any atom is 0.0547 e. The molecule has 0 spiro atoms. The lowest BCUT2D eigenvalue weighted by atomic mass is 9.70. The lowest BCUT2D eigenvalue weighted by Gasteiger charge is -2.38. The average molecular weight is 776 g/mol. The Labute approximate surface area is 352 Å². The van der Waals surface area contributed by atoms with Crippen molar-refractivity contribution in [3.63, 3.8) is 0 Å². The van der Waals surface area contributed by atoms with Crippen molar-refractivity contribution in [1.82, 2.24) is 4.57 Å². The summed E-state index contributed by atoms with van der Waals surface area (Å²) in [7, 11) is 0. The van der Waals surface area contributed by atoms with Crippen molar-refractivity contribution in [3.05, 3.63) is 216 Å². The molecular weight excluding hydrogens is 727 g/mol. The minimum Gasteiger partial charge on any atom is -0.380 e. The monoisotopic (exact) mass is 775 g/mol. The van der Waals surface area contributed by atoms with Crippen LogP contribution in [0, 0.1) is 11.3 Å². The van der Waals surface area contributed by atoms with Crippen LogP contribution < -0.4 is 11.1 Å². The highest BCUT2D eigenvalue weighted by Crippen LogP contribution is 2.46. The summed E-state index contributed by atoms with van der Waals surface area (Å²) in [5.41, 5.74) is 20.3. The molecule has 3 N–H and O–H groups in total. The number of benzene rings is 7. The van der Waals surface area contributed by atoms with Gasteiger partial charge in [0, 0.05) is 33.2 Å². The number of nitrogens with zero attached hydrogens (tertiary/aromatic N) is 1. The zero-order valence-corrected chi connectivity index (χ0v) is 34.1. The third kappa shape index (κ3) is 6.15. The number of fused-ring (bicyclic) bond motifs is 8. The van der Waals surface area contributed by atoms with E-state index in [-0.39, 0.29) is 23.4 Å². The second-order valence-corrected chi connectivity index (χ2v) is 17.2. The van der Waals surface area contributed by atoms with Gasteiger partial charge in [0.05, 0.1) is 28.8 Å². The third-order valence-electron chi connectivity index (χ3n) is 13.5. The van der Waals surface area contributed by atoms with Gasteiger partial charge in [-0.3, -0.25) is 0 Å². The molecule has 1 aromatic heterocycles. The summed E-state index contributed by atoms with van der Waals surface area (Å²) in [6, 6.07) is 52.8. The van der Waals surface area contributed by atoms with Crippen molar-refractivity contribution in [3.8, 4) is 5.69 Å². The second-order valence-electron chi connectivity index (χ2n) is 17.2. The van der Waals surface area contributed by atoms with Crippen LogP contribution in [0.3, 0.4) is 0 Å². The number of anilines is 1. The first-order valence-electron chi connectivity index (χ1n) is 21.6. The second kappa shape index (κ2) is 14.9. The van der Waals surface area contributed by atoms with E-state index in [1.54, 1.807) is 0 Å². The highest BCUT2D eigenvalue weighted by molar-refractivity contribution is 6.23. The van der Waals surface area contributed by atoms with Crippen molar-refractivity contribution in [1.29, 1.82) is 0 Å². The van der Waals surface area contributed by atoms with Gasteiger partial charge in [0.1, 0.15) is 0 Å². The number of hydrogen-bond acceptors (Lipinski definition) is 2. The topological polar surface area (TPSA) is 43.0 Å². The van der Waals surface area contributed by atoms with Gasteiger partial charge in [-0.1, -0.05) is 171 Å². The molecule has 1 heterocycles. The molecule has 8 aromatic rings. The van der Waals surface area contributed by atoms with Gasteiger partial charge in [0.25, 0.3) is 0 Å². The molecule has 4 atom stereocenters. The predicted molar refractivity (Wildman–Crippen MR) is 256 cm³/mol. The molecular formula is C57H49N3. The summed E-state index contributed by atoms with van der Waals surface area (Å²) in [4.78, 5) is 0. The third-order valence-corrected chi connectivity index (χ3v) is 13.5. The Morgan fingerprint density at radius 1 is 0.700 bits per heavy atom.